The highest BCUT2D eigenvalue weighted by molar-refractivity contribution is 6.99. The van der Waals surface area contributed by atoms with Crippen molar-refractivity contribution in [3.05, 3.63) is 96.6 Å². The largest absolute Gasteiger partial charge is 0.455 e. The van der Waals surface area contributed by atoms with Crippen LogP contribution >= 0.6 is 0 Å². The van der Waals surface area contributed by atoms with Crippen LogP contribution in [0.2, 0.25) is 5.04 Å². The summed E-state index contributed by atoms with van der Waals surface area (Å²) < 4.78 is 12.4. The van der Waals surface area contributed by atoms with Crippen molar-refractivity contribution in [2.45, 2.75) is 58.6 Å². The minimum absolute atomic E-state index is 0.0367. The molecular formula is C30H38O3Si. The number of rotatable bonds is 9. The van der Waals surface area contributed by atoms with Gasteiger partial charge in [0.15, 0.2) is 0 Å². The number of carbonyl (C=O) groups is 1. The zero-order valence-corrected chi connectivity index (χ0v) is 22.2. The average Bonchev–Trinajstić information content (AvgIpc) is 2.82. The molecule has 4 heteroatoms. The Morgan fingerprint density at radius 3 is 2.18 bits per heavy atom. The predicted molar refractivity (Wildman–Crippen MR) is 144 cm³/mol. The number of hydrogen-bond acceptors (Lipinski definition) is 3. The van der Waals surface area contributed by atoms with Gasteiger partial charge in [-0.1, -0.05) is 119 Å². The Kier molecular flexibility index (Phi) is 8.87. The molecule has 0 saturated heterocycles. The fraction of sp³-hybridized carbons (Fsp3) is 0.367. The fourth-order valence-electron chi connectivity index (χ4n) is 4.61. The number of benzene rings is 2. The van der Waals surface area contributed by atoms with Crippen LogP contribution in [-0.2, 0) is 14.0 Å². The van der Waals surface area contributed by atoms with Gasteiger partial charge in [-0.25, -0.2) is 4.79 Å². The van der Waals surface area contributed by atoms with Crippen LogP contribution in [0.4, 0.5) is 0 Å². The molecule has 0 aliphatic carbocycles. The number of esters is 1. The quantitative estimate of drug-likeness (QED) is 0.255. The second-order valence-electron chi connectivity index (χ2n) is 10.0. The van der Waals surface area contributed by atoms with E-state index in [9.17, 15) is 4.79 Å². The Morgan fingerprint density at radius 1 is 1.09 bits per heavy atom. The molecule has 2 aromatic rings. The molecule has 1 heterocycles. The molecule has 2 aromatic carbocycles. The summed E-state index contributed by atoms with van der Waals surface area (Å²) in [6, 6.07) is 21.5. The highest BCUT2D eigenvalue weighted by Crippen LogP contribution is 2.37. The molecule has 0 saturated carbocycles. The lowest BCUT2D eigenvalue weighted by atomic mass is 10.0. The molecule has 180 valence electrons. The first kappa shape index (κ1) is 25.9. The lowest BCUT2D eigenvalue weighted by molar-refractivity contribution is -0.141. The number of carbonyl (C=O) groups excluding carboxylic acids is 1. The van der Waals surface area contributed by atoms with Crippen LogP contribution < -0.4 is 10.4 Å². The Hall–Kier alpha value is -2.69. The summed E-state index contributed by atoms with van der Waals surface area (Å²) in [6.07, 6.45) is 11.2. The second kappa shape index (κ2) is 11.6. The third kappa shape index (κ3) is 6.25. The summed E-state index contributed by atoms with van der Waals surface area (Å²) in [5.74, 6) is -0.0231. The maximum Gasteiger partial charge on any atom is 0.331 e. The Labute approximate surface area is 206 Å². The van der Waals surface area contributed by atoms with Gasteiger partial charge in [0.25, 0.3) is 8.32 Å². The molecule has 0 aromatic heterocycles. The van der Waals surface area contributed by atoms with Crippen LogP contribution in [-0.4, -0.2) is 27.0 Å². The van der Waals surface area contributed by atoms with Gasteiger partial charge in [-0.05, 0) is 33.8 Å². The van der Waals surface area contributed by atoms with Crippen LogP contribution in [0.5, 0.6) is 0 Å². The molecule has 3 rings (SSSR count). The Bertz CT molecular complexity index is 977. The first-order chi connectivity index (χ1) is 16.3. The zero-order valence-electron chi connectivity index (χ0n) is 21.2. The van der Waals surface area contributed by atoms with Gasteiger partial charge in [0.05, 0.1) is 0 Å². The van der Waals surface area contributed by atoms with E-state index in [4.69, 9.17) is 9.16 Å². The van der Waals surface area contributed by atoms with E-state index < -0.39 is 8.32 Å². The third-order valence-corrected chi connectivity index (χ3v) is 11.3. The van der Waals surface area contributed by atoms with Crippen LogP contribution in [0.1, 0.15) is 47.5 Å². The van der Waals surface area contributed by atoms with E-state index in [1.165, 1.54) is 22.0 Å². The van der Waals surface area contributed by atoms with E-state index in [-0.39, 0.29) is 23.0 Å². The number of allylic oxidation sites excluding steroid dienone is 2. The molecule has 0 bridgehead atoms. The first-order valence-corrected chi connectivity index (χ1v) is 14.2. The summed E-state index contributed by atoms with van der Waals surface area (Å²) in [6.45, 7) is 11.9. The van der Waals surface area contributed by atoms with Gasteiger partial charge in [0, 0.05) is 19.1 Å². The smallest absolute Gasteiger partial charge is 0.331 e. The van der Waals surface area contributed by atoms with Crippen molar-refractivity contribution in [2.75, 3.05) is 6.61 Å². The Balaban J connectivity index is 1.84. The fourth-order valence-corrected chi connectivity index (χ4v) is 9.27. The molecule has 34 heavy (non-hydrogen) atoms. The standard InChI is InChI=1S/C30H38O3Si/c1-6-25(20-21-26-14-13-19-29(31)33-26)22-24(2)23-32-34(30(3,4)5,27-15-9-7-10-16-27)28-17-11-8-12-18-28/h7-13,15-22,24,26H,6,14,23H2,1-5H3/b21-20+,25-22+/t24-,26+/m0/s1. The van der Waals surface area contributed by atoms with Gasteiger partial charge < -0.3 is 9.16 Å². The predicted octanol–water partition coefficient (Wildman–Crippen LogP) is 5.96. The van der Waals surface area contributed by atoms with Crippen LogP contribution in [0, 0.1) is 5.92 Å². The molecule has 0 N–H and O–H groups in total. The van der Waals surface area contributed by atoms with Crippen LogP contribution in [0.3, 0.4) is 0 Å². The Morgan fingerprint density at radius 2 is 1.68 bits per heavy atom. The monoisotopic (exact) mass is 474 g/mol. The lowest BCUT2D eigenvalue weighted by Crippen LogP contribution is -2.66. The molecular weight excluding hydrogens is 436 g/mol. The molecule has 2 atom stereocenters. The van der Waals surface area contributed by atoms with E-state index in [0.29, 0.717) is 6.61 Å². The van der Waals surface area contributed by atoms with Crippen molar-refractivity contribution in [3.63, 3.8) is 0 Å². The van der Waals surface area contributed by atoms with Gasteiger partial charge in [-0.2, -0.15) is 0 Å². The number of hydrogen-bond donors (Lipinski definition) is 0. The molecule has 3 nitrogen and oxygen atoms in total. The molecule has 0 amide bonds. The zero-order chi connectivity index (χ0) is 24.6. The molecule has 0 spiro atoms. The van der Waals surface area contributed by atoms with Crippen LogP contribution in [0.15, 0.2) is 96.6 Å². The van der Waals surface area contributed by atoms with Gasteiger partial charge in [0.1, 0.15) is 6.10 Å². The lowest BCUT2D eigenvalue weighted by Gasteiger charge is -2.43. The maximum absolute atomic E-state index is 11.5. The minimum Gasteiger partial charge on any atom is -0.455 e. The molecule has 0 radical (unpaired) electrons. The number of cyclic esters (lactones) is 1. The highest BCUT2D eigenvalue weighted by Gasteiger charge is 2.50. The van der Waals surface area contributed by atoms with Crippen molar-refractivity contribution >= 4 is 24.7 Å². The summed E-state index contributed by atoms with van der Waals surface area (Å²) in [4.78, 5) is 11.5. The third-order valence-electron chi connectivity index (χ3n) is 6.30. The topological polar surface area (TPSA) is 35.5 Å². The van der Waals surface area contributed by atoms with E-state index >= 15 is 0 Å². The van der Waals surface area contributed by atoms with Crippen molar-refractivity contribution in [2.24, 2.45) is 5.92 Å². The molecule has 0 fully saturated rings. The molecule has 0 unspecified atom stereocenters. The summed E-state index contributed by atoms with van der Waals surface area (Å²) in [5.41, 5.74) is 1.23. The van der Waals surface area contributed by atoms with Crippen molar-refractivity contribution in [1.82, 2.24) is 0 Å². The van der Waals surface area contributed by atoms with E-state index in [1.807, 2.05) is 12.2 Å². The molecule has 1 aliphatic heterocycles. The maximum atomic E-state index is 11.5. The van der Waals surface area contributed by atoms with Gasteiger partial charge >= 0.3 is 5.97 Å². The summed E-state index contributed by atoms with van der Waals surface area (Å²) >= 11 is 0. The SMILES string of the molecule is CCC(/C=C/[C@H]1CC=CC(=O)O1)=C\[C@H](C)CO[Si](c1ccccc1)(c1ccccc1)C(C)(C)C. The first-order valence-electron chi connectivity index (χ1n) is 12.3. The van der Waals surface area contributed by atoms with Crippen molar-refractivity contribution in [1.29, 1.82) is 0 Å². The summed E-state index contributed by atoms with van der Waals surface area (Å²) in [7, 11) is -2.54. The van der Waals surface area contributed by atoms with Crippen molar-refractivity contribution < 1.29 is 14.0 Å². The van der Waals surface area contributed by atoms with Gasteiger partial charge in [-0.3, -0.25) is 0 Å². The minimum atomic E-state index is -2.54. The van der Waals surface area contributed by atoms with Gasteiger partial charge in [-0.15, -0.1) is 0 Å². The highest BCUT2D eigenvalue weighted by atomic mass is 28.4. The van der Waals surface area contributed by atoms with E-state index in [0.717, 1.165) is 12.8 Å². The second-order valence-corrected chi connectivity index (χ2v) is 14.3. The number of ether oxygens (including phenoxy) is 1. The van der Waals surface area contributed by atoms with Crippen LogP contribution in [0.25, 0.3) is 0 Å². The van der Waals surface area contributed by atoms with Gasteiger partial charge in [0.2, 0.25) is 0 Å². The van der Waals surface area contributed by atoms with Crippen molar-refractivity contribution in [3.8, 4) is 0 Å². The average molecular weight is 475 g/mol. The van der Waals surface area contributed by atoms with E-state index in [2.05, 4.69) is 107 Å². The summed E-state index contributed by atoms with van der Waals surface area (Å²) in [5, 5.41) is 2.56. The normalized spacial score (nSPS) is 18.2. The van der Waals surface area contributed by atoms with E-state index in [1.54, 1.807) is 0 Å². The molecule has 1 aliphatic rings.